The number of amides is 2. The average Bonchev–Trinajstić information content (AvgIpc) is 2.67. The molecule has 32 heavy (non-hydrogen) atoms. The van der Waals surface area contributed by atoms with Crippen LogP contribution in [0.5, 0.6) is 0 Å². The zero-order valence-corrected chi connectivity index (χ0v) is 16.5. The summed E-state index contributed by atoms with van der Waals surface area (Å²) in [6.45, 7) is 2.44. The lowest BCUT2D eigenvalue weighted by Gasteiger charge is -2.35. The molecular weight excluding hydrogens is 444 g/mol. The third kappa shape index (κ3) is 6.60. The van der Waals surface area contributed by atoms with Gasteiger partial charge in [0.2, 0.25) is 5.95 Å². The number of benzene rings is 1. The van der Waals surface area contributed by atoms with Gasteiger partial charge in [-0.05, 0) is 17.7 Å². The highest BCUT2D eigenvalue weighted by Crippen LogP contribution is 2.30. The van der Waals surface area contributed by atoms with Gasteiger partial charge in [-0.15, -0.1) is 0 Å². The van der Waals surface area contributed by atoms with Crippen LogP contribution in [0.15, 0.2) is 30.3 Å². The molecule has 14 heteroatoms. The highest BCUT2D eigenvalue weighted by atomic mass is 19.4. The highest BCUT2D eigenvalue weighted by molar-refractivity contribution is 5.89. The Bertz CT molecular complexity index is 940. The largest absolute Gasteiger partial charge is 0.485 e. The van der Waals surface area contributed by atoms with Gasteiger partial charge in [-0.2, -0.15) is 31.3 Å². The van der Waals surface area contributed by atoms with Crippen LogP contribution in [-0.4, -0.2) is 53.4 Å². The molecule has 174 valence electrons. The lowest BCUT2D eigenvalue weighted by molar-refractivity contribution is -0.144. The summed E-state index contributed by atoms with van der Waals surface area (Å²) in [5, 5.41) is 2.92. The predicted octanol–water partition coefficient (Wildman–Crippen LogP) is 3.04. The van der Waals surface area contributed by atoms with Gasteiger partial charge in [-0.1, -0.05) is 12.1 Å². The van der Waals surface area contributed by atoms with E-state index in [9.17, 15) is 31.1 Å². The molecule has 1 aromatic carbocycles. The van der Waals surface area contributed by atoms with Crippen LogP contribution in [0.4, 0.5) is 48.6 Å². The maximum Gasteiger partial charge on any atom is 0.485 e. The minimum atomic E-state index is -4.82. The van der Waals surface area contributed by atoms with E-state index in [0.29, 0.717) is 32.7 Å². The number of nitrogens with zero attached hydrogens (tertiary/aromatic N) is 4. The fourth-order valence-corrected chi connectivity index (χ4v) is 3.14. The number of aromatic nitrogens is 2. The molecule has 0 atom stereocenters. The van der Waals surface area contributed by atoms with Gasteiger partial charge in [-0.3, -0.25) is 4.90 Å². The number of hydrogen-bond acceptors (Lipinski definition) is 6. The molecule has 0 bridgehead atoms. The van der Waals surface area contributed by atoms with Crippen LogP contribution in [0.2, 0.25) is 0 Å². The Morgan fingerprint density at radius 1 is 1.00 bits per heavy atom. The lowest BCUT2D eigenvalue weighted by Crippen LogP contribution is -2.46. The number of urea groups is 1. The normalized spacial score (nSPS) is 15.5. The second-order valence-electron chi connectivity index (χ2n) is 7.00. The van der Waals surface area contributed by atoms with Crippen LogP contribution >= 0.6 is 0 Å². The number of nitrogens with two attached hydrogens (primary N) is 1. The van der Waals surface area contributed by atoms with E-state index in [-0.39, 0.29) is 11.5 Å². The molecule has 1 saturated heterocycles. The molecule has 1 aromatic heterocycles. The summed E-state index contributed by atoms with van der Waals surface area (Å²) in [4.78, 5) is 22.1. The molecule has 0 spiro atoms. The number of nitrogen functional groups attached to an aromatic ring is 1. The Morgan fingerprint density at radius 2 is 1.62 bits per heavy atom. The molecule has 1 fully saturated rings. The maximum absolute atomic E-state index is 12.9. The van der Waals surface area contributed by atoms with Crippen molar-refractivity contribution in [3.05, 3.63) is 41.6 Å². The van der Waals surface area contributed by atoms with Crippen LogP contribution < -0.4 is 21.3 Å². The average molecular weight is 463 g/mol. The Balaban J connectivity index is 1.53. The monoisotopic (exact) mass is 463 g/mol. The van der Waals surface area contributed by atoms with E-state index in [1.54, 1.807) is 17.0 Å². The molecule has 2 heterocycles. The predicted molar refractivity (Wildman–Crippen MR) is 104 cm³/mol. The van der Waals surface area contributed by atoms with Gasteiger partial charge in [0.1, 0.15) is 5.82 Å². The third-order valence-electron chi connectivity index (χ3n) is 4.59. The summed E-state index contributed by atoms with van der Waals surface area (Å²) < 4.78 is 75.2. The van der Waals surface area contributed by atoms with Gasteiger partial charge in [-0.25, -0.2) is 15.1 Å². The van der Waals surface area contributed by atoms with E-state index in [0.717, 1.165) is 16.9 Å². The summed E-state index contributed by atoms with van der Waals surface area (Å²) in [7, 11) is 0. The Hall–Kier alpha value is -3.29. The number of piperazine rings is 1. The van der Waals surface area contributed by atoms with Crippen LogP contribution in [0.1, 0.15) is 11.3 Å². The van der Waals surface area contributed by atoms with Gasteiger partial charge >= 0.3 is 18.5 Å². The van der Waals surface area contributed by atoms with Crippen molar-refractivity contribution in [3.63, 3.8) is 0 Å². The SMILES string of the molecule is Nc1nc(N2CCN(Cc3ccc(NC(=O)NC(F)(F)F)cc3)CC2)cc(C(F)(F)F)n1. The molecule has 0 radical (unpaired) electrons. The first-order chi connectivity index (χ1) is 14.9. The van der Waals surface area contributed by atoms with Crippen molar-refractivity contribution in [2.45, 2.75) is 19.0 Å². The molecule has 8 nitrogen and oxygen atoms in total. The number of halogens is 6. The molecule has 2 amide bonds. The van der Waals surface area contributed by atoms with Crippen molar-refractivity contribution < 1.29 is 31.1 Å². The first-order valence-corrected chi connectivity index (χ1v) is 9.33. The zero-order valence-electron chi connectivity index (χ0n) is 16.5. The topological polar surface area (TPSA) is 99.4 Å². The molecule has 1 aliphatic rings. The summed E-state index contributed by atoms with van der Waals surface area (Å²) in [5.41, 5.74) is 5.37. The van der Waals surface area contributed by atoms with Gasteiger partial charge in [0.25, 0.3) is 0 Å². The molecule has 1 aliphatic heterocycles. The van der Waals surface area contributed by atoms with Crippen molar-refractivity contribution in [3.8, 4) is 0 Å². The molecule has 0 aliphatic carbocycles. The van der Waals surface area contributed by atoms with Gasteiger partial charge in [0, 0.05) is 44.5 Å². The van der Waals surface area contributed by atoms with E-state index in [4.69, 9.17) is 5.73 Å². The number of carbonyl (C=O) groups excluding carboxylic acids is 1. The lowest BCUT2D eigenvalue weighted by atomic mass is 10.1. The second-order valence-corrected chi connectivity index (χ2v) is 7.00. The summed E-state index contributed by atoms with van der Waals surface area (Å²) in [6, 6.07) is 5.76. The number of alkyl halides is 6. The minimum Gasteiger partial charge on any atom is -0.368 e. The van der Waals surface area contributed by atoms with Crippen LogP contribution in [0.3, 0.4) is 0 Å². The smallest absolute Gasteiger partial charge is 0.368 e. The van der Waals surface area contributed by atoms with Crippen molar-refractivity contribution >= 4 is 23.5 Å². The van der Waals surface area contributed by atoms with E-state index in [2.05, 4.69) is 20.2 Å². The number of anilines is 3. The van der Waals surface area contributed by atoms with Crippen LogP contribution in [-0.2, 0) is 12.7 Å². The Morgan fingerprint density at radius 3 is 2.19 bits per heavy atom. The van der Waals surface area contributed by atoms with E-state index >= 15 is 0 Å². The van der Waals surface area contributed by atoms with Gasteiger partial charge in [0.15, 0.2) is 5.69 Å². The van der Waals surface area contributed by atoms with Crippen molar-refractivity contribution in [2.24, 2.45) is 0 Å². The highest BCUT2D eigenvalue weighted by Gasteiger charge is 2.34. The Kier molecular flexibility index (Phi) is 6.62. The van der Waals surface area contributed by atoms with E-state index in [1.807, 2.05) is 0 Å². The van der Waals surface area contributed by atoms with Crippen LogP contribution in [0, 0.1) is 0 Å². The number of hydrogen-bond donors (Lipinski definition) is 3. The number of rotatable bonds is 4. The third-order valence-corrected chi connectivity index (χ3v) is 4.59. The van der Waals surface area contributed by atoms with Crippen molar-refractivity contribution in [1.29, 1.82) is 0 Å². The van der Waals surface area contributed by atoms with Gasteiger partial charge < -0.3 is 16.0 Å². The second kappa shape index (κ2) is 9.06. The summed E-state index contributed by atoms with van der Waals surface area (Å²) in [5.74, 6) is -0.341. The first-order valence-electron chi connectivity index (χ1n) is 9.33. The summed E-state index contributed by atoms with van der Waals surface area (Å²) in [6.07, 6.45) is -9.44. The number of nitrogens with one attached hydrogen (secondary N) is 2. The fourth-order valence-electron chi connectivity index (χ4n) is 3.14. The first kappa shape index (κ1) is 23.4. The van der Waals surface area contributed by atoms with Crippen LogP contribution in [0.25, 0.3) is 0 Å². The maximum atomic E-state index is 12.9. The zero-order chi connectivity index (χ0) is 23.5. The van der Waals surface area contributed by atoms with Crippen molar-refractivity contribution in [2.75, 3.05) is 42.1 Å². The minimum absolute atomic E-state index is 0.108. The Labute approximate surface area is 178 Å². The molecule has 0 saturated carbocycles. The molecule has 2 aromatic rings. The standard InChI is InChI=1S/C18H19F6N7O/c19-17(20,21)13-9-14(28-15(25)27-13)31-7-5-30(6-8-31)10-11-1-3-12(4-2-11)26-16(32)29-18(22,23)24/h1-4,9H,5-8,10H2,(H2,25,27,28)(H2,26,29,32). The van der Waals surface area contributed by atoms with Crippen molar-refractivity contribution in [1.82, 2.24) is 20.2 Å². The quantitative estimate of drug-likeness (QED) is 0.476. The number of carbonyl (C=O) groups is 1. The van der Waals surface area contributed by atoms with Gasteiger partial charge in [0.05, 0.1) is 0 Å². The van der Waals surface area contributed by atoms with E-state index < -0.39 is 30.1 Å². The molecule has 4 N–H and O–H groups in total. The molecule has 0 unspecified atom stereocenters. The fraction of sp³-hybridized carbons (Fsp3) is 0.389. The molecule has 3 rings (SSSR count). The molecular formula is C18H19F6N7O. The summed E-state index contributed by atoms with van der Waals surface area (Å²) >= 11 is 0. The van der Waals surface area contributed by atoms with E-state index in [1.165, 1.54) is 12.1 Å².